The summed E-state index contributed by atoms with van der Waals surface area (Å²) in [5.74, 6) is 0.464. The van der Waals surface area contributed by atoms with Gasteiger partial charge in [-0.25, -0.2) is 0 Å². The highest BCUT2D eigenvalue weighted by molar-refractivity contribution is 5.92. The maximum Gasteiger partial charge on any atom is 0.271 e. The summed E-state index contributed by atoms with van der Waals surface area (Å²) < 4.78 is 5.34. The third-order valence-electron chi connectivity index (χ3n) is 5.09. The first-order valence-corrected chi connectivity index (χ1v) is 10.0. The molecule has 3 N–H and O–H groups in total. The molecule has 1 aliphatic rings. The molecule has 0 atom stereocenters. The number of aromatic nitrogens is 3. The number of hydrogen-bond acceptors (Lipinski definition) is 6. The van der Waals surface area contributed by atoms with E-state index in [2.05, 4.69) is 36.8 Å². The predicted octanol–water partition coefficient (Wildman–Crippen LogP) is 1.67. The molecule has 4 rings (SSSR count). The molecule has 1 aromatic carbocycles. The molecule has 0 aliphatic carbocycles. The monoisotopic (exact) mass is 394 g/mol. The quantitative estimate of drug-likeness (QED) is 0.538. The fourth-order valence-corrected chi connectivity index (χ4v) is 3.45. The van der Waals surface area contributed by atoms with E-state index in [4.69, 9.17) is 4.74 Å². The molecule has 0 saturated carbocycles. The largest absolute Gasteiger partial charge is 0.379 e. The van der Waals surface area contributed by atoms with Crippen LogP contribution in [0.3, 0.4) is 0 Å². The number of nitrogens with one attached hydrogen (secondary N) is 3. The van der Waals surface area contributed by atoms with Gasteiger partial charge in [-0.3, -0.25) is 9.69 Å². The van der Waals surface area contributed by atoms with Crippen LogP contribution in [0.2, 0.25) is 0 Å². The van der Waals surface area contributed by atoms with Crippen LogP contribution >= 0.6 is 0 Å². The van der Waals surface area contributed by atoms with Gasteiger partial charge in [0.25, 0.3) is 5.91 Å². The maximum atomic E-state index is 12.3. The number of para-hydroxylation sites is 1. The van der Waals surface area contributed by atoms with Crippen LogP contribution in [0.15, 0.2) is 42.6 Å². The van der Waals surface area contributed by atoms with Crippen LogP contribution in [-0.2, 0) is 11.2 Å². The van der Waals surface area contributed by atoms with Crippen molar-refractivity contribution in [3.63, 3.8) is 0 Å². The van der Waals surface area contributed by atoms with Crippen LogP contribution in [0, 0.1) is 0 Å². The summed E-state index contributed by atoms with van der Waals surface area (Å²) in [6, 6.07) is 11.6. The zero-order valence-electron chi connectivity index (χ0n) is 16.4. The van der Waals surface area contributed by atoms with Gasteiger partial charge < -0.3 is 20.4 Å². The molecule has 0 unspecified atom stereocenters. The molecule has 3 heterocycles. The Morgan fingerprint density at radius 3 is 2.79 bits per heavy atom. The number of amides is 1. The average molecular weight is 394 g/mol. The zero-order chi connectivity index (χ0) is 19.9. The van der Waals surface area contributed by atoms with Crippen LogP contribution in [0.25, 0.3) is 10.9 Å². The van der Waals surface area contributed by atoms with E-state index in [0.29, 0.717) is 18.1 Å². The Labute approximate surface area is 169 Å². The van der Waals surface area contributed by atoms with E-state index in [0.717, 1.165) is 51.3 Å². The number of aromatic amines is 1. The number of anilines is 1. The van der Waals surface area contributed by atoms with Crippen molar-refractivity contribution >= 4 is 22.6 Å². The van der Waals surface area contributed by atoms with Crippen LogP contribution in [0.5, 0.6) is 0 Å². The standard InChI is InChI=1S/C21H26N6O2/c28-21(23-8-7-16-15-24-18-4-2-1-3-17(16)18)19-5-6-20(26-25-19)22-9-10-27-11-13-29-14-12-27/h1-6,15,24H,7-14H2,(H,22,26)(H,23,28). The Morgan fingerprint density at radius 1 is 1.10 bits per heavy atom. The minimum absolute atomic E-state index is 0.211. The number of morpholine rings is 1. The third-order valence-corrected chi connectivity index (χ3v) is 5.09. The molecule has 1 saturated heterocycles. The van der Waals surface area contributed by atoms with Crippen molar-refractivity contribution in [2.75, 3.05) is 51.3 Å². The van der Waals surface area contributed by atoms with Gasteiger partial charge in [0.1, 0.15) is 5.82 Å². The molecule has 0 bridgehead atoms. The summed E-state index contributed by atoms with van der Waals surface area (Å²) >= 11 is 0. The summed E-state index contributed by atoms with van der Waals surface area (Å²) in [6.45, 7) is 5.78. The highest BCUT2D eigenvalue weighted by Crippen LogP contribution is 2.17. The number of rotatable bonds is 8. The van der Waals surface area contributed by atoms with Crippen molar-refractivity contribution in [2.24, 2.45) is 0 Å². The highest BCUT2D eigenvalue weighted by Gasteiger charge is 2.11. The van der Waals surface area contributed by atoms with Crippen molar-refractivity contribution in [1.29, 1.82) is 0 Å². The lowest BCUT2D eigenvalue weighted by atomic mass is 10.1. The predicted molar refractivity (Wildman–Crippen MR) is 112 cm³/mol. The number of fused-ring (bicyclic) bond motifs is 1. The summed E-state index contributed by atoms with van der Waals surface area (Å²) in [7, 11) is 0. The van der Waals surface area contributed by atoms with Crippen molar-refractivity contribution in [3.05, 3.63) is 53.9 Å². The van der Waals surface area contributed by atoms with E-state index in [1.54, 1.807) is 12.1 Å². The van der Waals surface area contributed by atoms with E-state index in [1.807, 2.05) is 24.4 Å². The number of benzene rings is 1. The first kappa shape index (κ1) is 19.4. The van der Waals surface area contributed by atoms with E-state index in [9.17, 15) is 4.79 Å². The first-order valence-electron chi connectivity index (χ1n) is 10.0. The molecule has 0 radical (unpaired) electrons. The highest BCUT2D eigenvalue weighted by atomic mass is 16.5. The molecule has 1 fully saturated rings. The maximum absolute atomic E-state index is 12.3. The fraction of sp³-hybridized carbons (Fsp3) is 0.381. The van der Waals surface area contributed by atoms with Crippen LogP contribution in [0.1, 0.15) is 16.1 Å². The topological polar surface area (TPSA) is 95.2 Å². The molecule has 3 aromatic rings. The van der Waals surface area contributed by atoms with Gasteiger partial charge in [0.05, 0.1) is 13.2 Å². The van der Waals surface area contributed by atoms with Crippen molar-refractivity contribution < 1.29 is 9.53 Å². The Bertz CT molecular complexity index is 934. The summed E-state index contributed by atoms with van der Waals surface area (Å²) in [6.07, 6.45) is 2.75. The van der Waals surface area contributed by atoms with Gasteiger partial charge in [0, 0.05) is 49.8 Å². The minimum atomic E-state index is -0.211. The minimum Gasteiger partial charge on any atom is -0.379 e. The second-order valence-electron chi connectivity index (χ2n) is 7.05. The van der Waals surface area contributed by atoms with Gasteiger partial charge in [-0.15, -0.1) is 10.2 Å². The Morgan fingerprint density at radius 2 is 1.97 bits per heavy atom. The molecule has 8 nitrogen and oxygen atoms in total. The second kappa shape index (κ2) is 9.49. The lowest BCUT2D eigenvalue weighted by Gasteiger charge is -2.26. The molecule has 8 heteroatoms. The van der Waals surface area contributed by atoms with Gasteiger partial charge in [-0.05, 0) is 30.2 Å². The third kappa shape index (κ3) is 5.10. The van der Waals surface area contributed by atoms with Gasteiger partial charge >= 0.3 is 0 Å². The van der Waals surface area contributed by atoms with Gasteiger partial charge in [0.15, 0.2) is 5.69 Å². The van der Waals surface area contributed by atoms with Crippen molar-refractivity contribution in [2.45, 2.75) is 6.42 Å². The summed E-state index contributed by atoms with van der Waals surface area (Å²) in [5, 5.41) is 15.5. The molecule has 152 valence electrons. The summed E-state index contributed by atoms with van der Waals surface area (Å²) in [5.41, 5.74) is 2.62. The molecule has 1 aliphatic heterocycles. The van der Waals surface area contributed by atoms with Gasteiger partial charge in [-0.1, -0.05) is 18.2 Å². The van der Waals surface area contributed by atoms with E-state index in [1.165, 1.54) is 10.9 Å². The number of nitrogens with zero attached hydrogens (tertiary/aromatic N) is 3. The van der Waals surface area contributed by atoms with E-state index in [-0.39, 0.29) is 5.91 Å². The Hall–Kier alpha value is -2.97. The molecule has 1 amide bonds. The average Bonchev–Trinajstić information content (AvgIpc) is 3.18. The fourth-order valence-electron chi connectivity index (χ4n) is 3.45. The zero-order valence-corrected chi connectivity index (χ0v) is 16.4. The molecular formula is C21H26N6O2. The van der Waals surface area contributed by atoms with E-state index < -0.39 is 0 Å². The second-order valence-corrected chi connectivity index (χ2v) is 7.05. The number of H-pyrrole nitrogens is 1. The Balaban J connectivity index is 1.21. The SMILES string of the molecule is O=C(NCCc1c[nH]c2ccccc12)c1ccc(NCCN2CCOCC2)nn1. The summed E-state index contributed by atoms with van der Waals surface area (Å²) in [4.78, 5) is 17.9. The number of ether oxygens (including phenoxy) is 1. The lowest BCUT2D eigenvalue weighted by molar-refractivity contribution is 0.0398. The van der Waals surface area contributed by atoms with Gasteiger partial charge in [-0.2, -0.15) is 0 Å². The first-order chi connectivity index (χ1) is 14.3. The van der Waals surface area contributed by atoms with Gasteiger partial charge in [0.2, 0.25) is 0 Å². The van der Waals surface area contributed by atoms with Crippen molar-refractivity contribution in [1.82, 2.24) is 25.4 Å². The number of carbonyl (C=O) groups excluding carboxylic acids is 1. The molecule has 29 heavy (non-hydrogen) atoms. The Kier molecular flexibility index (Phi) is 6.33. The normalized spacial score (nSPS) is 14.8. The van der Waals surface area contributed by atoms with Crippen LogP contribution < -0.4 is 10.6 Å². The molecule has 0 spiro atoms. The number of carbonyl (C=O) groups is 1. The number of hydrogen-bond donors (Lipinski definition) is 3. The van der Waals surface area contributed by atoms with E-state index >= 15 is 0 Å². The van der Waals surface area contributed by atoms with Crippen molar-refractivity contribution in [3.8, 4) is 0 Å². The lowest BCUT2D eigenvalue weighted by Crippen LogP contribution is -2.39. The molecule has 2 aromatic heterocycles. The van der Waals surface area contributed by atoms with Crippen LogP contribution in [0.4, 0.5) is 5.82 Å². The smallest absolute Gasteiger partial charge is 0.271 e. The van der Waals surface area contributed by atoms with Crippen LogP contribution in [-0.4, -0.2) is 71.9 Å². The molecular weight excluding hydrogens is 368 g/mol.